The standard InChI is InChI=1S/C16H14N6O2/c1-24-14-4-2-11(3-5-14)9-22-10-19-16(21-22)20-15(23)12-6-13(7-17)18-8-12/h2-6,8,10,18H,9H2,1H3,(H,20,21,23). The molecule has 1 amide bonds. The first-order chi connectivity index (χ1) is 11.7. The van der Waals surface area contributed by atoms with Crippen LogP contribution in [0.2, 0.25) is 0 Å². The van der Waals surface area contributed by atoms with Crippen molar-refractivity contribution in [2.45, 2.75) is 6.54 Å². The highest BCUT2D eigenvalue weighted by Gasteiger charge is 2.11. The highest BCUT2D eigenvalue weighted by Crippen LogP contribution is 2.12. The Morgan fingerprint density at radius 1 is 1.42 bits per heavy atom. The summed E-state index contributed by atoms with van der Waals surface area (Å²) in [5.74, 6) is 0.608. The van der Waals surface area contributed by atoms with Crippen LogP contribution >= 0.6 is 0 Å². The number of hydrogen-bond acceptors (Lipinski definition) is 5. The number of carbonyl (C=O) groups excluding carboxylic acids is 1. The molecule has 2 N–H and O–H groups in total. The van der Waals surface area contributed by atoms with Gasteiger partial charge in [-0.05, 0) is 23.8 Å². The molecule has 0 radical (unpaired) electrons. The maximum atomic E-state index is 12.0. The summed E-state index contributed by atoms with van der Waals surface area (Å²) in [6, 6.07) is 11.0. The van der Waals surface area contributed by atoms with Crippen LogP contribution in [-0.4, -0.2) is 32.8 Å². The van der Waals surface area contributed by atoms with Gasteiger partial charge >= 0.3 is 0 Å². The zero-order valence-electron chi connectivity index (χ0n) is 12.9. The summed E-state index contributed by atoms with van der Waals surface area (Å²) >= 11 is 0. The Bertz CT molecular complexity index is 888. The second-order valence-electron chi connectivity index (χ2n) is 4.98. The molecule has 120 valence electrons. The van der Waals surface area contributed by atoms with Crippen LogP contribution in [0.1, 0.15) is 21.6 Å². The molecule has 0 saturated carbocycles. The van der Waals surface area contributed by atoms with Crippen molar-refractivity contribution in [2.24, 2.45) is 0 Å². The minimum atomic E-state index is -0.380. The number of ether oxygens (including phenoxy) is 1. The number of nitrogens with one attached hydrogen (secondary N) is 2. The minimum Gasteiger partial charge on any atom is -0.497 e. The number of methoxy groups -OCH3 is 1. The summed E-state index contributed by atoms with van der Waals surface area (Å²) in [5, 5.41) is 15.5. The number of anilines is 1. The van der Waals surface area contributed by atoms with Crippen molar-refractivity contribution < 1.29 is 9.53 Å². The molecule has 0 aliphatic carbocycles. The molecule has 3 rings (SSSR count). The number of aromatic amines is 1. The maximum absolute atomic E-state index is 12.0. The van der Waals surface area contributed by atoms with E-state index >= 15 is 0 Å². The first-order valence-electron chi connectivity index (χ1n) is 7.10. The van der Waals surface area contributed by atoms with Crippen LogP contribution in [0.4, 0.5) is 5.95 Å². The number of carbonyl (C=O) groups is 1. The average molecular weight is 322 g/mol. The lowest BCUT2D eigenvalue weighted by Crippen LogP contribution is -2.12. The van der Waals surface area contributed by atoms with E-state index in [1.807, 2.05) is 30.3 Å². The van der Waals surface area contributed by atoms with Crippen molar-refractivity contribution in [1.29, 1.82) is 5.26 Å². The number of nitriles is 1. The van der Waals surface area contributed by atoms with Crippen LogP contribution in [0.5, 0.6) is 5.75 Å². The summed E-state index contributed by atoms with van der Waals surface area (Å²) < 4.78 is 6.73. The van der Waals surface area contributed by atoms with Crippen LogP contribution in [0, 0.1) is 11.3 Å². The van der Waals surface area contributed by atoms with Gasteiger partial charge in [0.15, 0.2) is 0 Å². The molecular weight excluding hydrogens is 308 g/mol. The fourth-order valence-corrected chi connectivity index (χ4v) is 2.11. The molecule has 0 atom stereocenters. The van der Waals surface area contributed by atoms with E-state index in [2.05, 4.69) is 20.4 Å². The number of benzene rings is 1. The zero-order chi connectivity index (χ0) is 16.9. The molecule has 0 aliphatic heterocycles. The summed E-state index contributed by atoms with van der Waals surface area (Å²) in [7, 11) is 1.62. The highest BCUT2D eigenvalue weighted by atomic mass is 16.5. The molecule has 0 aliphatic rings. The van der Waals surface area contributed by atoms with Gasteiger partial charge in [0.1, 0.15) is 23.8 Å². The third-order valence-corrected chi connectivity index (χ3v) is 3.33. The molecule has 2 aromatic heterocycles. The summed E-state index contributed by atoms with van der Waals surface area (Å²) in [5.41, 5.74) is 1.69. The third-order valence-electron chi connectivity index (χ3n) is 3.33. The van der Waals surface area contributed by atoms with Crippen LogP contribution in [0.25, 0.3) is 0 Å². The van der Waals surface area contributed by atoms with E-state index in [1.165, 1.54) is 18.6 Å². The molecule has 0 bridgehead atoms. The Balaban J connectivity index is 1.64. The van der Waals surface area contributed by atoms with Crippen molar-refractivity contribution in [3.05, 3.63) is 59.7 Å². The Kier molecular flexibility index (Phi) is 4.25. The van der Waals surface area contributed by atoms with Gasteiger partial charge in [-0.3, -0.25) is 10.1 Å². The molecule has 0 fully saturated rings. The van der Waals surface area contributed by atoms with Crippen molar-refractivity contribution in [2.75, 3.05) is 12.4 Å². The molecule has 1 aromatic carbocycles. The van der Waals surface area contributed by atoms with Crippen molar-refractivity contribution in [1.82, 2.24) is 19.7 Å². The Morgan fingerprint density at radius 3 is 2.88 bits per heavy atom. The van der Waals surface area contributed by atoms with E-state index in [0.717, 1.165) is 11.3 Å². The number of amides is 1. The van der Waals surface area contributed by atoms with Crippen LogP contribution in [-0.2, 0) is 6.54 Å². The fourth-order valence-electron chi connectivity index (χ4n) is 2.11. The van der Waals surface area contributed by atoms with Gasteiger partial charge in [-0.1, -0.05) is 12.1 Å². The summed E-state index contributed by atoms with van der Waals surface area (Å²) in [6.45, 7) is 0.523. The number of nitrogens with zero attached hydrogens (tertiary/aromatic N) is 4. The van der Waals surface area contributed by atoms with E-state index in [0.29, 0.717) is 17.8 Å². The maximum Gasteiger partial charge on any atom is 0.259 e. The summed E-state index contributed by atoms with van der Waals surface area (Å²) in [4.78, 5) is 18.8. The van der Waals surface area contributed by atoms with Gasteiger partial charge in [0.05, 0.1) is 19.2 Å². The number of hydrogen-bond donors (Lipinski definition) is 2. The molecule has 8 heteroatoms. The van der Waals surface area contributed by atoms with Crippen LogP contribution < -0.4 is 10.1 Å². The van der Waals surface area contributed by atoms with Crippen LogP contribution in [0.3, 0.4) is 0 Å². The van der Waals surface area contributed by atoms with E-state index in [-0.39, 0.29) is 11.9 Å². The van der Waals surface area contributed by atoms with Gasteiger partial charge in [-0.25, -0.2) is 9.67 Å². The summed E-state index contributed by atoms with van der Waals surface area (Å²) in [6.07, 6.45) is 3.00. The smallest absolute Gasteiger partial charge is 0.259 e. The lowest BCUT2D eigenvalue weighted by atomic mass is 10.2. The first-order valence-corrected chi connectivity index (χ1v) is 7.10. The largest absolute Gasteiger partial charge is 0.497 e. The number of aromatic nitrogens is 4. The van der Waals surface area contributed by atoms with E-state index in [1.54, 1.807) is 11.8 Å². The zero-order valence-corrected chi connectivity index (χ0v) is 12.9. The van der Waals surface area contributed by atoms with Crippen molar-refractivity contribution >= 4 is 11.9 Å². The molecule has 3 aromatic rings. The second-order valence-corrected chi connectivity index (χ2v) is 4.98. The van der Waals surface area contributed by atoms with Gasteiger partial charge < -0.3 is 9.72 Å². The molecule has 2 heterocycles. The lowest BCUT2D eigenvalue weighted by molar-refractivity contribution is 0.102. The molecule has 8 nitrogen and oxygen atoms in total. The first kappa shape index (κ1) is 15.3. The van der Waals surface area contributed by atoms with Gasteiger partial charge in [0, 0.05) is 6.20 Å². The van der Waals surface area contributed by atoms with E-state index < -0.39 is 0 Å². The topological polar surface area (TPSA) is 109 Å². The van der Waals surface area contributed by atoms with Crippen molar-refractivity contribution in [3.63, 3.8) is 0 Å². The monoisotopic (exact) mass is 322 g/mol. The number of H-pyrrole nitrogens is 1. The van der Waals surface area contributed by atoms with E-state index in [9.17, 15) is 4.79 Å². The van der Waals surface area contributed by atoms with Gasteiger partial charge in [-0.15, -0.1) is 5.10 Å². The van der Waals surface area contributed by atoms with Gasteiger partial charge in [-0.2, -0.15) is 5.26 Å². The quantitative estimate of drug-likeness (QED) is 0.744. The SMILES string of the molecule is COc1ccc(Cn2cnc(NC(=O)c3c[nH]c(C#N)c3)n2)cc1. The molecular formula is C16H14N6O2. The Hall–Kier alpha value is -3.60. The lowest BCUT2D eigenvalue weighted by Gasteiger charge is -2.03. The van der Waals surface area contributed by atoms with E-state index in [4.69, 9.17) is 10.00 Å². The minimum absolute atomic E-state index is 0.202. The third kappa shape index (κ3) is 3.41. The Morgan fingerprint density at radius 2 is 2.21 bits per heavy atom. The molecule has 0 unspecified atom stereocenters. The second kappa shape index (κ2) is 6.66. The van der Waals surface area contributed by atoms with Gasteiger partial charge in [0.2, 0.25) is 5.95 Å². The normalized spacial score (nSPS) is 10.2. The Labute approximate surface area is 137 Å². The molecule has 0 saturated heterocycles. The van der Waals surface area contributed by atoms with Crippen molar-refractivity contribution in [3.8, 4) is 11.8 Å². The highest BCUT2D eigenvalue weighted by molar-refractivity contribution is 6.03. The number of rotatable bonds is 5. The van der Waals surface area contributed by atoms with Crippen LogP contribution in [0.15, 0.2) is 42.9 Å². The molecule has 0 spiro atoms. The predicted molar refractivity (Wildman–Crippen MR) is 85.6 cm³/mol. The molecule has 24 heavy (non-hydrogen) atoms. The predicted octanol–water partition coefficient (Wildman–Crippen LogP) is 1.79. The fraction of sp³-hybridized carbons (Fsp3) is 0.125. The average Bonchev–Trinajstić information content (AvgIpc) is 3.25. The van der Waals surface area contributed by atoms with Gasteiger partial charge in [0.25, 0.3) is 5.91 Å².